The lowest BCUT2D eigenvalue weighted by atomic mass is 9.92. The van der Waals surface area contributed by atoms with Gasteiger partial charge in [0.05, 0.1) is 5.69 Å². The quantitative estimate of drug-likeness (QED) is 0.563. The molecule has 0 radical (unpaired) electrons. The number of aryl methyl sites for hydroxylation is 1. The minimum Gasteiger partial charge on any atom is -0.324 e. The Balaban J connectivity index is 1.94. The van der Waals surface area contributed by atoms with Gasteiger partial charge in [0, 0.05) is 16.6 Å². The van der Waals surface area contributed by atoms with E-state index in [9.17, 15) is 9.59 Å². The van der Waals surface area contributed by atoms with Crippen molar-refractivity contribution in [2.45, 2.75) is 53.0 Å². The van der Waals surface area contributed by atoms with Crippen molar-refractivity contribution in [2.75, 3.05) is 5.32 Å². The molecule has 1 heterocycles. The minimum absolute atomic E-state index is 0.00400. The molecule has 5 heteroatoms. The topological polar surface area (TPSA) is 51.1 Å². The van der Waals surface area contributed by atoms with Crippen LogP contribution in [-0.2, 0) is 11.3 Å². The van der Waals surface area contributed by atoms with Crippen LogP contribution in [0.25, 0.3) is 11.3 Å². The third kappa shape index (κ3) is 4.51. The van der Waals surface area contributed by atoms with E-state index in [2.05, 4.69) is 45.1 Å². The molecule has 0 aliphatic heterocycles. The summed E-state index contributed by atoms with van der Waals surface area (Å²) in [4.78, 5) is 25.3. The zero-order valence-electron chi connectivity index (χ0n) is 17.7. The maximum absolute atomic E-state index is 13.0. The first-order chi connectivity index (χ1) is 13.8. The number of nitrogens with one attached hydrogen (secondary N) is 1. The number of rotatable bonds is 6. The highest BCUT2D eigenvalue weighted by atomic mass is 32.1. The molecule has 4 nitrogen and oxygen atoms in total. The summed E-state index contributed by atoms with van der Waals surface area (Å²) >= 11 is 1.13. The first-order valence-electron chi connectivity index (χ1n) is 9.96. The summed E-state index contributed by atoms with van der Waals surface area (Å²) in [6.45, 7) is 10.5. The van der Waals surface area contributed by atoms with Gasteiger partial charge in [-0.05, 0) is 35.4 Å². The van der Waals surface area contributed by atoms with E-state index in [1.54, 1.807) is 4.57 Å². The molecule has 0 atom stereocenters. The van der Waals surface area contributed by atoms with Crippen LogP contribution in [-0.4, -0.2) is 10.5 Å². The van der Waals surface area contributed by atoms with Crippen molar-refractivity contribution in [1.29, 1.82) is 0 Å². The molecular weight excluding hydrogens is 380 g/mol. The maximum atomic E-state index is 13.0. The van der Waals surface area contributed by atoms with Crippen molar-refractivity contribution in [2.24, 2.45) is 0 Å². The lowest BCUT2D eigenvalue weighted by Crippen LogP contribution is -2.26. The van der Waals surface area contributed by atoms with Gasteiger partial charge in [-0.15, -0.1) is 0 Å². The van der Waals surface area contributed by atoms with Crippen LogP contribution < -0.4 is 10.2 Å². The Kier molecular flexibility index (Phi) is 6.38. The number of benzene rings is 2. The Hall–Kier alpha value is -2.66. The molecule has 0 spiro atoms. The zero-order valence-corrected chi connectivity index (χ0v) is 18.5. The predicted octanol–water partition coefficient (Wildman–Crippen LogP) is 5.77. The highest BCUT2D eigenvalue weighted by molar-refractivity contribution is 7.07. The molecule has 152 valence electrons. The first kappa shape index (κ1) is 21.1. The molecule has 1 amide bonds. The van der Waals surface area contributed by atoms with Crippen molar-refractivity contribution in [3.05, 3.63) is 74.2 Å². The number of thiazole rings is 1. The van der Waals surface area contributed by atoms with Crippen LogP contribution in [0.4, 0.5) is 5.69 Å². The first-order valence-corrected chi connectivity index (χ1v) is 10.8. The minimum atomic E-state index is -0.185. The zero-order chi connectivity index (χ0) is 21.1. The standard InChI is InChI=1S/C24H28N2O2S/c1-15(2)18-11-8-12-19(16(3)4)23(18)25-22(27)13-26-21(14-29-24(26)28)20-10-7-6-9-17(20)5/h6-12,14-16H,13H2,1-5H3,(H,25,27). The van der Waals surface area contributed by atoms with E-state index >= 15 is 0 Å². The van der Waals surface area contributed by atoms with E-state index in [-0.39, 0.29) is 29.2 Å². The molecule has 0 bridgehead atoms. The summed E-state index contributed by atoms with van der Waals surface area (Å²) in [6, 6.07) is 14.1. The normalized spacial score (nSPS) is 11.3. The molecule has 29 heavy (non-hydrogen) atoms. The molecule has 0 unspecified atom stereocenters. The van der Waals surface area contributed by atoms with Crippen LogP contribution in [0.2, 0.25) is 0 Å². The van der Waals surface area contributed by atoms with Gasteiger partial charge in [0.1, 0.15) is 6.54 Å². The molecule has 0 aliphatic carbocycles. The van der Waals surface area contributed by atoms with Crippen molar-refractivity contribution in [3.8, 4) is 11.3 Å². The third-order valence-electron chi connectivity index (χ3n) is 5.14. The fourth-order valence-electron chi connectivity index (χ4n) is 3.57. The lowest BCUT2D eigenvalue weighted by Gasteiger charge is -2.20. The summed E-state index contributed by atoms with van der Waals surface area (Å²) < 4.78 is 1.56. The average molecular weight is 409 g/mol. The second-order valence-electron chi connectivity index (χ2n) is 7.96. The number of nitrogens with zero attached hydrogens (tertiary/aromatic N) is 1. The molecule has 0 aliphatic rings. The molecule has 0 saturated carbocycles. The molecular formula is C24H28N2O2S. The maximum Gasteiger partial charge on any atom is 0.308 e. The summed E-state index contributed by atoms with van der Waals surface area (Å²) in [5.74, 6) is 0.390. The van der Waals surface area contributed by atoms with Crippen LogP contribution in [0.3, 0.4) is 0 Å². The van der Waals surface area contributed by atoms with Gasteiger partial charge in [0.15, 0.2) is 0 Å². The number of hydrogen-bond donors (Lipinski definition) is 1. The fourth-order valence-corrected chi connectivity index (χ4v) is 4.33. The van der Waals surface area contributed by atoms with E-state index in [0.717, 1.165) is 45.0 Å². The molecule has 0 saturated heterocycles. The Bertz CT molecular complexity index is 1050. The van der Waals surface area contributed by atoms with E-state index < -0.39 is 0 Å². The van der Waals surface area contributed by atoms with Crippen LogP contribution in [0, 0.1) is 6.92 Å². The van der Waals surface area contributed by atoms with Gasteiger partial charge >= 0.3 is 4.87 Å². The smallest absolute Gasteiger partial charge is 0.308 e. The monoisotopic (exact) mass is 408 g/mol. The predicted molar refractivity (Wildman–Crippen MR) is 122 cm³/mol. The van der Waals surface area contributed by atoms with Gasteiger partial charge in [0.25, 0.3) is 0 Å². The Morgan fingerprint density at radius 1 is 1.00 bits per heavy atom. The van der Waals surface area contributed by atoms with Gasteiger partial charge in [-0.2, -0.15) is 0 Å². The van der Waals surface area contributed by atoms with Gasteiger partial charge in [0.2, 0.25) is 5.91 Å². The van der Waals surface area contributed by atoms with Gasteiger partial charge < -0.3 is 5.32 Å². The Labute approximate surface area is 176 Å². The van der Waals surface area contributed by atoms with E-state index in [0.29, 0.717) is 0 Å². The van der Waals surface area contributed by atoms with Crippen molar-refractivity contribution >= 4 is 22.9 Å². The number of aromatic nitrogens is 1. The number of anilines is 1. The molecule has 1 aromatic heterocycles. The highest BCUT2D eigenvalue weighted by Gasteiger charge is 2.18. The Morgan fingerprint density at radius 3 is 2.21 bits per heavy atom. The third-order valence-corrected chi connectivity index (χ3v) is 5.91. The summed E-state index contributed by atoms with van der Waals surface area (Å²) in [7, 11) is 0. The SMILES string of the molecule is Cc1ccccc1-c1csc(=O)n1CC(=O)Nc1c(C(C)C)cccc1C(C)C. The molecule has 0 fully saturated rings. The average Bonchev–Trinajstić information content (AvgIpc) is 3.02. The second-order valence-corrected chi connectivity index (χ2v) is 8.78. The van der Waals surface area contributed by atoms with Crippen LogP contribution in [0.1, 0.15) is 56.2 Å². The fraction of sp³-hybridized carbons (Fsp3) is 0.333. The number of amides is 1. The van der Waals surface area contributed by atoms with Crippen molar-refractivity contribution in [3.63, 3.8) is 0 Å². The van der Waals surface area contributed by atoms with Gasteiger partial charge in [-0.25, -0.2) is 0 Å². The summed E-state index contributed by atoms with van der Waals surface area (Å²) in [6.07, 6.45) is 0. The summed E-state index contributed by atoms with van der Waals surface area (Å²) in [5.41, 5.74) is 5.94. The van der Waals surface area contributed by atoms with Crippen LogP contribution >= 0.6 is 11.3 Å². The van der Waals surface area contributed by atoms with Crippen LogP contribution in [0.15, 0.2) is 52.6 Å². The second kappa shape index (κ2) is 8.78. The molecule has 3 rings (SSSR count). The van der Waals surface area contributed by atoms with E-state index in [4.69, 9.17) is 0 Å². The Morgan fingerprint density at radius 2 is 1.62 bits per heavy atom. The number of carbonyl (C=O) groups is 1. The van der Waals surface area contributed by atoms with E-state index in [1.165, 1.54) is 0 Å². The molecule has 2 aromatic carbocycles. The molecule has 1 N–H and O–H groups in total. The summed E-state index contributed by atoms with van der Waals surface area (Å²) in [5, 5.41) is 4.94. The lowest BCUT2D eigenvalue weighted by molar-refractivity contribution is -0.116. The van der Waals surface area contributed by atoms with Gasteiger partial charge in [-0.3, -0.25) is 14.2 Å². The largest absolute Gasteiger partial charge is 0.324 e. The van der Waals surface area contributed by atoms with E-state index in [1.807, 2.05) is 42.6 Å². The van der Waals surface area contributed by atoms with Gasteiger partial charge in [-0.1, -0.05) is 81.5 Å². The number of hydrogen-bond acceptors (Lipinski definition) is 3. The highest BCUT2D eigenvalue weighted by Crippen LogP contribution is 2.32. The molecule has 3 aromatic rings. The van der Waals surface area contributed by atoms with Crippen molar-refractivity contribution < 1.29 is 4.79 Å². The number of para-hydroxylation sites is 1. The number of carbonyl (C=O) groups excluding carboxylic acids is 1. The van der Waals surface area contributed by atoms with Crippen molar-refractivity contribution in [1.82, 2.24) is 4.57 Å². The van der Waals surface area contributed by atoms with Crippen LogP contribution in [0.5, 0.6) is 0 Å².